The smallest absolute Gasteiger partial charge is 0.152 e. The third-order valence-corrected chi connectivity index (χ3v) is 1.65. The maximum Gasteiger partial charge on any atom is 0.152 e. The van der Waals surface area contributed by atoms with Crippen molar-refractivity contribution in [3.05, 3.63) is 35.6 Å². The summed E-state index contributed by atoms with van der Waals surface area (Å²) in [7, 11) is 0. The molecule has 0 aromatic heterocycles. The molecule has 0 N–H and O–H groups in total. The Bertz CT molecular complexity index is 261. The summed E-state index contributed by atoms with van der Waals surface area (Å²) in [5.74, 6) is -0.333. The summed E-state index contributed by atoms with van der Waals surface area (Å²) in [5, 5.41) is 0. The number of rotatable bonds is 5. The summed E-state index contributed by atoms with van der Waals surface area (Å²) in [6.07, 6.45) is -1.57. The van der Waals surface area contributed by atoms with Crippen molar-refractivity contribution >= 4 is 0 Å². The predicted octanol–water partition coefficient (Wildman–Crippen LogP) is 2.65. The fourth-order valence-electron chi connectivity index (χ4n) is 0.930. The first-order valence-electron chi connectivity index (χ1n) is 4.24. The topological polar surface area (TPSA) is 9.23 Å². The summed E-state index contributed by atoms with van der Waals surface area (Å²) in [5.41, 5.74) is 0.734. The molecule has 0 heterocycles. The molecule has 0 aliphatic rings. The quantitative estimate of drug-likeness (QED) is 0.716. The van der Waals surface area contributed by atoms with Gasteiger partial charge in [0.15, 0.2) is 6.17 Å². The Labute approximate surface area is 80.5 Å². The van der Waals surface area contributed by atoms with Crippen LogP contribution in [0.2, 0.25) is 0 Å². The SMILES string of the molecule is FCC(F)COCc1ccc(F)cc1. The van der Waals surface area contributed by atoms with E-state index in [1.54, 1.807) is 0 Å². The molecule has 0 aliphatic carbocycles. The van der Waals surface area contributed by atoms with Crippen molar-refractivity contribution in [1.82, 2.24) is 0 Å². The number of halogens is 3. The van der Waals surface area contributed by atoms with E-state index in [9.17, 15) is 13.2 Å². The average molecular weight is 204 g/mol. The maximum absolute atomic E-state index is 12.4. The highest BCUT2D eigenvalue weighted by Gasteiger charge is 2.04. The minimum atomic E-state index is -1.57. The number of ether oxygens (including phenoxy) is 1. The molecule has 0 spiro atoms. The monoisotopic (exact) mass is 204 g/mol. The molecular weight excluding hydrogens is 193 g/mol. The van der Waals surface area contributed by atoms with E-state index in [0.717, 1.165) is 5.56 Å². The molecule has 0 bridgehead atoms. The first-order valence-corrected chi connectivity index (χ1v) is 4.24. The fraction of sp³-hybridized carbons (Fsp3) is 0.400. The maximum atomic E-state index is 12.4. The minimum Gasteiger partial charge on any atom is -0.374 e. The van der Waals surface area contributed by atoms with Gasteiger partial charge < -0.3 is 4.74 Å². The molecule has 1 rings (SSSR count). The van der Waals surface area contributed by atoms with Crippen molar-refractivity contribution in [2.45, 2.75) is 12.8 Å². The molecule has 1 unspecified atom stereocenters. The van der Waals surface area contributed by atoms with Crippen LogP contribution in [0.4, 0.5) is 13.2 Å². The van der Waals surface area contributed by atoms with Crippen molar-refractivity contribution in [3.63, 3.8) is 0 Å². The lowest BCUT2D eigenvalue weighted by molar-refractivity contribution is 0.0595. The normalized spacial score (nSPS) is 12.8. The second-order valence-corrected chi connectivity index (χ2v) is 2.89. The van der Waals surface area contributed by atoms with Gasteiger partial charge in [-0.3, -0.25) is 0 Å². The van der Waals surface area contributed by atoms with Crippen LogP contribution < -0.4 is 0 Å². The zero-order chi connectivity index (χ0) is 10.4. The lowest BCUT2D eigenvalue weighted by atomic mass is 10.2. The molecule has 0 saturated heterocycles. The Balaban J connectivity index is 2.28. The van der Waals surface area contributed by atoms with Crippen LogP contribution in [0.15, 0.2) is 24.3 Å². The van der Waals surface area contributed by atoms with Gasteiger partial charge in [-0.15, -0.1) is 0 Å². The molecule has 0 saturated carbocycles. The minimum absolute atomic E-state index is 0.167. The zero-order valence-electron chi connectivity index (χ0n) is 7.55. The van der Waals surface area contributed by atoms with E-state index in [1.165, 1.54) is 24.3 Å². The molecule has 1 nitrogen and oxygen atoms in total. The first kappa shape index (κ1) is 11.0. The lowest BCUT2D eigenvalue weighted by Crippen LogP contribution is -2.12. The molecule has 1 atom stereocenters. The molecule has 0 fully saturated rings. The molecule has 0 aliphatic heterocycles. The van der Waals surface area contributed by atoms with E-state index < -0.39 is 12.8 Å². The highest BCUT2D eigenvalue weighted by molar-refractivity contribution is 5.14. The van der Waals surface area contributed by atoms with E-state index in [-0.39, 0.29) is 19.0 Å². The number of hydrogen-bond acceptors (Lipinski definition) is 1. The van der Waals surface area contributed by atoms with Crippen LogP contribution in [0, 0.1) is 5.82 Å². The molecule has 1 aromatic rings. The average Bonchev–Trinajstić information content (AvgIpc) is 2.21. The van der Waals surface area contributed by atoms with Crippen LogP contribution in [0.5, 0.6) is 0 Å². The van der Waals surface area contributed by atoms with Gasteiger partial charge in [-0.1, -0.05) is 12.1 Å². The molecule has 0 radical (unpaired) electrons. The Morgan fingerprint density at radius 3 is 2.43 bits per heavy atom. The van der Waals surface area contributed by atoms with Crippen LogP contribution in [0.1, 0.15) is 5.56 Å². The van der Waals surface area contributed by atoms with E-state index in [1.807, 2.05) is 0 Å². The Kier molecular flexibility index (Phi) is 4.46. The Morgan fingerprint density at radius 2 is 1.86 bits per heavy atom. The van der Waals surface area contributed by atoms with Crippen LogP contribution in [-0.4, -0.2) is 19.5 Å². The van der Waals surface area contributed by atoms with E-state index in [4.69, 9.17) is 4.74 Å². The summed E-state index contributed by atoms with van der Waals surface area (Å²) in [6, 6.07) is 5.66. The van der Waals surface area contributed by atoms with Gasteiger partial charge in [-0.05, 0) is 17.7 Å². The van der Waals surface area contributed by atoms with Crippen molar-refractivity contribution in [2.75, 3.05) is 13.3 Å². The van der Waals surface area contributed by atoms with Crippen molar-refractivity contribution in [2.24, 2.45) is 0 Å². The van der Waals surface area contributed by atoms with Gasteiger partial charge >= 0.3 is 0 Å². The highest BCUT2D eigenvalue weighted by Crippen LogP contribution is 2.05. The van der Waals surface area contributed by atoms with E-state index in [2.05, 4.69) is 0 Å². The van der Waals surface area contributed by atoms with Crippen molar-refractivity contribution in [1.29, 1.82) is 0 Å². The summed E-state index contributed by atoms with van der Waals surface area (Å²) in [4.78, 5) is 0. The van der Waals surface area contributed by atoms with Crippen LogP contribution in [0.25, 0.3) is 0 Å². The number of alkyl halides is 2. The predicted molar refractivity (Wildman–Crippen MR) is 46.9 cm³/mol. The second-order valence-electron chi connectivity index (χ2n) is 2.89. The summed E-state index contributed by atoms with van der Waals surface area (Å²) < 4.78 is 41.3. The third-order valence-electron chi connectivity index (χ3n) is 1.65. The van der Waals surface area contributed by atoms with Crippen molar-refractivity contribution < 1.29 is 17.9 Å². The van der Waals surface area contributed by atoms with Crippen LogP contribution in [-0.2, 0) is 11.3 Å². The lowest BCUT2D eigenvalue weighted by Gasteiger charge is -2.05. The number of benzene rings is 1. The fourth-order valence-corrected chi connectivity index (χ4v) is 0.930. The molecule has 78 valence electrons. The highest BCUT2D eigenvalue weighted by atomic mass is 19.2. The van der Waals surface area contributed by atoms with Crippen molar-refractivity contribution in [3.8, 4) is 0 Å². The molecule has 14 heavy (non-hydrogen) atoms. The second kappa shape index (κ2) is 5.65. The summed E-state index contributed by atoms with van der Waals surface area (Å²) >= 11 is 0. The third kappa shape index (κ3) is 3.79. The Hall–Kier alpha value is -1.03. The molecule has 4 heteroatoms. The van der Waals surface area contributed by atoms with Gasteiger partial charge in [0.2, 0.25) is 0 Å². The zero-order valence-corrected chi connectivity index (χ0v) is 7.55. The Morgan fingerprint density at radius 1 is 1.21 bits per heavy atom. The van der Waals surface area contributed by atoms with Gasteiger partial charge in [0.05, 0.1) is 13.2 Å². The number of hydrogen-bond donors (Lipinski definition) is 0. The standard InChI is InChI=1S/C10H11F3O/c11-5-10(13)7-14-6-8-1-3-9(12)4-2-8/h1-4,10H,5-7H2. The first-order chi connectivity index (χ1) is 6.72. The van der Waals surface area contributed by atoms with Gasteiger partial charge in [0, 0.05) is 0 Å². The van der Waals surface area contributed by atoms with Crippen LogP contribution >= 0.6 is 0 Å². The van der Waals surface area contributed by atoms with Gasteiger partial charge in [0.25, 0.3) is 0 Å². The van der Waals surface area contributed by atoms with Gasteiger partial charge in [-0.2, -0.15) is 0 Å². The molecular formula is C10H11F3O. The largest absolute Gasteiger partial charge is 0.374 e. The van der Waals surface area contributed by atoms with Gasteiger partial charge in [0.1, 0.15) is 12.5 Å². The van der Waals surface area contributed by atoms with E-state index >= 15 is 0 Å². The van der Waals surface area contributed by atoms with Gasteiger partial charge in [-0.25, -0.2) is 13.2 Å². The van der Waals surface area contributed by atoms with E-state index in [0.29, 0.717) is 0 Å². The molecule has 0 amide bonds. The van der Waals surface area contributed by atoms with Crippen LogP contribution in [0.3, 0.4) is 0 Å². The summed E-state index contributed by atoms with van der Waals surface area (Å²) in [6.45, 7) is -1.14. The molecule has 1 aromatic carbocycles.